The fourth-order valence-electron chi connectivity index (χ4n) is 3.22. The van der Waals surface area contributed by atoms with Crippen molar-refractivity contribution in [1.82, 2.24) is 19.9 Å². The lowest BCUT2D eigenvalue weighted by molar-refractivity contribution is 0.348. The number of H-pyrrole nitrogens is 1. The van der Waals surface area contributed by atoms with Crippen LogP contribution in [0, 0.1) is 5.82 Å². The van der Waals surface area contributed by atoms with Gasteiger partial charge in [0.15, 0.2) is 17.1 Å². The summed E-state index contributed by atoms with van der Waals surface area (Å²) in [5.41, 5.74) is 3.77. The largest absolute Gasteiger partial charge is 0.493 e. The number of benzene rings is 1. The molecule has 0 aliphatic rings. The first-order valence-electron chi connectivity index (χ1n) is 9.15. The highest BCUT2D eigenvalue weighted by Crippen LogP contribution is 2.33. The number of ether oxygens (including phenoxy) is 2. The van der Waals surface area contributed by atoms with Crippen LogP contribution in [0.2, 0.25) is 5.15 Å². The summed E-state index contributed by atoms with van der Waals surface area (Å²) >= 11 is 5.96. The fraction of sp³-hybridized carbons (Fsp3) is 0.190. The van der Waals surface area contributed by atoms with E-state index in [9.17, 15) is 4.39 Å². The normalized spacial score (nSPS) is 10.9. The van der Waals surface area contributed by atoms with Gasteiger partial charge in [0, 0.05) is 30.9 Å². The van der Waals surface area contributed by atoms with Crippen LogP contribution >= 0.6 is 11.6 Å². The number of nitrogens with one attached hydrogen (secondary N) is 2. The van der Waals surface area contributed by atoms with Gasteiger partial charge < -0.3 is 19.8 Å². The van der Waals surface area contributed by atoms with Crippen LogP contribution in [0.25, 0.3) is 11.2 Å². The lowest BCUT2D eigenvalue weighted by Crippen LogP contribution is -2.06. The molecule has 30 heavy (non-hydrogen) atoms. The molecule has 0 atom stereocenters. The molecule has 0 radical (unpaired) electrons. The van der Waals surface area contributed by atoms with Crippen LogP contribution in [0.1, 0.15) is 16.7 Å². The Morgan fingerprint density at radius 2 is 1.97 bits per heavy atom. The number of fused-ring (bicyclic) bond motifs is 1. The fourth-order valence-corrected chi connectivity index (χ4v) is 3.35. The average Bonchev–Trinajstić information content (AvgIpc) is 3.15. The van der Waals surface area contributed by atoms with Gasteiger partial charge in [0.05, 0.1) is 26.0 Å². The zero-order valence-corrected chi connectivity index (χ0v) is 17.1. The molecule has 154 valence electrons. The van der Waals surface area contributed by atoms with Gasteiger partial charge in [-0.2, -0.15) is 0 Å². The van der Waals surface area contributed by atoms with Crippen molar-refractivity contribution in [3.05, 3.63) is 70.5 Å². The maximum Gasteiger partial charge on any atom is 0.168 e. The van der Waals surface area contributed by atoms with Crippen LogP contribution in [-0.2, 0) is 13.0 Å². The molecule has 0 aliphatic heterocycles. The predicted molar refractivity (Wildman–Crippen MR) is 113 cm³/mol. The molecule has 0 bridgehead atoms. The van der Waals surface area contributed by atoms with Crippen molar-refractivity contribution in [3.63, 3.8) is 0 Å². The third kappa shape index (κ3) is 3.99. The van der Waals surface area contributed by atoms with E-state index in [4.69, 9.17) is 21.1 Å². The molecule has 4 rings (SSSR count). The van der Waals surface area contributed by atoms with Crippen LogP contribution in [0.3, 0.4) is 0 Å². The van der Waals surface area contributed by atoms with Gasteiger partial charge in [-0.05, 0) is 23.8 Å². The summed E-state index contributed by atoms with van der Waals surface area (Å²) in [7, 11) is 3.00. The molecule has 0 aliphatic carbocycles. The van der Waals surface area contributed by atoms with Gasteiger partial charge in [0.1, 0.15) is 22.3 Å². The van der Waals surface area contributed by atoms with Crippen LogP contribution in [0.15, 0.2) is 42.9 Å². The Morgan fingerprint density at radius 1 is 1.10 bits per heavy atom. The van der Waals surface area contributed by atoms with Crippen LogP contribution in [0.4, 0.5) is 10.2 Å². The second-order valence-corrected chi connectivity index (χ2v) is 6.93. The lowest BCUT2D eigenvalue weighted by atomic mass is 10.1. The maximum atomic E-state index is 14.3. The smallest absolute Gasteiger partial charge is 0.168 e. The van der Waals surface area contributed by atoms with Crippen molar-refractivity contribution >= 4 is 28.6 Å². The highest BCUT2D eigenvalue weighted by atomic mass is 35.5. The molecule has 0 fully saturated rings. The highest BCUT2D eigenvalue weighted by molar-refractivity contribution is 6.29. The average molecular weight is 428 g/mol. The summed E-state index contributed by atoms with van der Waals surface area (Å²) in [4.78, 5) is 16.1. The number of hydrogen-bond acceptors (Lipinski definition) is 6. The Hall–Kier alpha value is -3.39. The Morgan fingerprint density at radius 3 is 2.70 bits per heavy atom. The first-order chi connectivity index (χ1) is 14.6. The number of methoxy groups -OCH3 is 2. The van der Waals surface area contributed by atoms with Gasteiger partial charge >= 0.3 is 0 Å². The number of aromatic amines is 1. The predicted octanol–water partition coefficient (Wildman–Crippen LogP) is 4.37. The van der Waals surface area contributed by atoms with Gasteiger partial charge in [0.25, 0.3) is 0 Å². The molecule has 0 spiro atoms. The van der Waals surface area contributed by atoms with Crippen LogP contribution in [-0.4, -0.2) is 34.2 Å². The van der Waals surface area contributed by atoms with Gasteiger partial charge in [-0.25, -0.2) is 19.3 Å². The minimum atomic E-state index is -0.379. The van der Waals surface area contributed by atoms with Crippen molar-refractivity contribution in [2.45, 2.75) is 13.0 Å². The molecule has 7 nitrogen and oxygen atoms in total. The SMILES string of the molecule is COc1ccc(F)c(CNc2ccc(Cc3c[nH]c4ncc(Cl)nc34)cn2)c1OC. The Bertz CT molecular complexity index is 1180. The standard InChI is InChI=1S/C21H19ClFN5O2/c1-29-16-5-4-15(23)14(20(16)30-2)10-25-18-6-3-12(8-24-18)7-13-9-26-21-19(13)28-17(22)11-27-21/h3-6,8-9,11H,7,10H2,1-2H3,(H,24,25)(H,26,27). The lowest BCUT2D eigenvalue weighted by Gasteiger charge is -2.14. The van der Waals surface area contributed by atoms with Gasteiger partial charge in [-0.1, -0.05) is 17.7 Å². The van der Waals surface area contributed by atoms with Crippen molar-refractivity contribution in [1.29, 1.82) is 0 Å². The van der Waals surface area contributed by atoms with E-state index in [1.165, 1.54) is 32.5 Å². The van der Waals surface area contributed by atoms with E-state index >= 15 is 0 Å². The van der Waals surface area contributed by atoms with Gasteiger partial charge in [0.2, 0.25) is 0 Å². The molecule has 0 saturated heterocycles. The van der Waals surface area contributed by atoms with Gasteiger partial charge in [-0.3, -0.25) is 0 Å². The minimum absolute atomic E-state index is 0.203. The van der Waals surface area contributed by atoms with E-state index in [0.29, 0.717) is 40.1 Å². The second kappa shape index (κ2) is 8.54. The summed E-state index contributed by atoms with van der Waals surface area (Å²) in [6.45, 7) is 0.203. The molecule has 9 heteroatoms. The summed E-state index contributed by atoms with van der Waals surface area (Å²) in [6.07, 6.45) is 5.76. The number of anilines is 1. The quantitative estimate of drug-likeness (QED) is 0.455. The summed E-state index contributed by atoms with van der Waals surface area (Å²) in [5.74, 6) is 1.07. The summed E-state index contributed by atoms with van der Waals surface area (Å²) in [6, 6.07) is 6.68. The van der Waals surface area contributed by atoms with E-state index in [-0.39, 0.29) is 12.4 Å². The third-order valence-corrected chi connectivity index (χ3v) is 4.87. The number of rotatable bonds is 7. The monoisotopic (exact) mass is 427 g/mol. The molecule has 0 saturated carbocycles. The molecule has 2 N–H and O–H groups in total. The molecule has 0 unspecified atom stereocenters. The maximum absolute atomic E-state index is 14.3. The Kier molecular flexibility index (Phi) is 5.67. The highest BCUT2D eigenvalue weighted by Gasteiger charge is 2.15. The molecular formula is C21H19ClFN5O2. The van der Waals surface area contributed by atoms with Crippen LogP contribution in [0.5, 0.6) is 11.5 Å². The molecule has 3 aromatic heterocycles. The van der Waals surface area contributed by atoms with Crippen molar-refractivity contribution in [2.75, 3.05) is 19.5 Å². The molecule has 1 aromatic carbocycles. The van der Waals surface area contributed by atoms with E-state index in [1.807, 2.05) is 18.3 Å². The van der Waals surface area contributed by atoms with E-state index < -0.39 is 0 Å². The minimum Gasteiger partial charge on any atom is -0.493 e. The zero-order valence-electron chi connectivity index (χ0n) is 16.4. The first-order valence-corrected chi connectivity index (χ1v) is 9.53. The third-order valence-electron chi connectivity index (χ3n) is 4.69. The van der Waals surface area contributed by atoms with E-state index in [0.717, 1.165) is 16.6 Å². The number of aromatic nitrogens is 4. The molecular weight excluding hydrogens is 409 g/mol. The van der Waals surface area contributed by atoms with Crippen LogP contribution < -0.4 is 14.8 Å². The van der Waals surface area contributed by atoms with Crippen molar-refractivity contribution < 1.29 is 13.9 Å². The molecule has 4 aromatic rings. The van der Waals surface area contributed by atoms with E-state index in [2.05, 4.69) is 25.3 Å². The van der Waals surface area contributed by atoms with Gasteiger partial charge in [-0.15, -0.1) is 0 Å². The van der Waals surface area contributed by atoms with Crippen molar-refractivity contribution in [2.24, 2.45) is 0 Å². The second-order valence-electron chi connectivity index (χ2n) is 6.55. The van der Waals surface area contributed by atoms with Crippen molar-refractivity contribution in [3.8, 4) is 11.5 Å². The Labute approximate surface area is 177 Å². The molecule has 0 amide bonds. The molecule has 3 heterocycles. The zero-order chi connectivity index (χ0) is 21.1. The number of halogens is 2. The Balaban J connectivity index is 1.47. The number of nitrogens with zero attached hydrogens (tertiary/aromatic N) is 3. The number of pyridine rings is 1. The van der Waals surface area contributed by atoms with E-state index in [1.54, 1.807) is 6.20 Å². The number of hydrogen-bond donors (Lipinski definition) is 2. The summed E-state index contributed by atoms with van der Waals surface area (Å²) in [5, 5.41) is 3.47. The first kappa shape index (κ1) is 19.9. The summed E-state index contributed by atoms with van der Waals surface area (Å²) < 4.78 is 24.8. The topological polar surface area (TPSA) is 85.0 Å².